The Morgan fingerprint density at radius 1 is 1.27 bits per heavy atom. The topological polar surface area (TPSA) is 29.9 Å². The van der Waals surface area contributed by atoms with Gasteiger partial charge in [-0.15, -0.1) is 6.58 Å². The fraction of sp³-hybridized carbons (Fsp3) is 0.526. The molecule has 2 rings (SSSR count). The van der Waals surface area contributed by atoms with Crippen molar-refractivity contribution in [3.63, 3.8) is 0 Å². The van der Waals surface area contributed by atoms with E-state index in [0.29, 0.717) is 11.8 Å². The molecule has 0 atom stereocenters. The molecule has 3 nitrogen and oxygen atoms in total. The molecular weight excluding hydrogens is 270 g/mol. The second kappa shape index (κ2) is 7.59. The average molecular weight is 299 g/mol. The third-order valence-corrected chi connectivity index (χ3v) is 3.91. The summed E-state index contributed by atoms with van der Waals surface area (Å²) < 4.78 is 2.28. The zero-order valence-corrected chi connectivity index (χ0v) is 14.4. The van der Waals surface area contributed by atoms with Crippen molar-refractivity contribution in [1.29, 1.82) is 0 Å². The second-order valence-electron chi connectivity index (χ2n) is 6.68. The van der Waals surface area contributed by atoms with Crippen molar-refractivity contribution in [2.24, 2.45) is 5.92 Å². The Hall–Kier alpha value is -1.61. The molecule has 3 heteroatoms. The van der Waals surface area contributed by atoms with Crippen LogP contribution in [0.5, 0.6) is 0 Å². The summed E-state index contributed by atoms with van der Waals surface area (Å²) in [6.45, 7) is 15.6. The van der Waals surface area contributed by atoms with Crippen LogP contribution in [0.1, 0.15) is 45.0 Å². The first-order chi connectivity index (χ1) is 10.5. The minimum absolute atomic E-state index is 0.533. The molecule has 22 heavy (non-hydrogen) atoms. The average Bonchev–Trinajstić information content (AvgIpc) is 2.81. The number of benzene rings is 1. The summed E-state index contributed by atoms with van der Waals surface area (Å²) in [4.78, 5) is 4.87. The van der Waals surface area contributed by atoms with Crippen molar-refractivity contribution < 1.29 is 0 Å². The van der Waals surface area contributed by atoms with E-state index in [1.54, 1.807) is 0 Å². The van der Waals surface area contributed by atoms with E-state index in [1.807, 2.05) is 6.08 Å². The van der Waals surface area contributed by atoms with E-state index < -0.39 is 0 Å². The number of imidazole rings is 1. The van der Waals surface area contributed by atoms with Gasteiger partial charge in [0.2, 0.25) is 0 Å². The van der Waals surface area contributed by atoms with Crippen LogP contribution in [-0.2, 0) is 13.0 Å². The van der Waals surface area contributed by atoms with Crippen molar-refractivity contribution in [2.75, 3.05) is 13.1 Å². The molecule has 0 radical (unpaired) electrons. The van der Waals surface area contributed by atoms with Crippen molar-refractivity contribution >= 4 is 11.0 Å². The normalized spacial score (nSPS) is 11.7. The Morgan fingerprint density at radius 2 is 2.05 bits per heavy atom. The highest BCUT2D eigenvalue weighted by atomic mass is 15.1. The van der Waals surface area contributed by atoms with E-state index in [4.69, 9.17) is 4.98 Å². The number of nitrogens with zero attached hydrogens (tertiary/aromatic N) is 2. The van der Waals surface area contributed by atoms with E-state index in [2.05, 4.69) is 62.4 Å². The van der Waals surface area contributed by atoms with E-state index in [0.717, 1.165) is 37.4 Å². The molecule has 0 bridgehead atoms. The molecule has 2 aromatic rings. The molecule has 0 saturated heterocycles. The lowest BCUT2D eigenvalue weighted by molar-refractivity contribution is 0.547. The van der Waals surface area contributed by atoms with Crippen molar-refractivity contribution in [3.05, 3.63) is 42.2 Å². The van der Waals surface area contributed by atoms with Gasteiger partial charge < -0.3 is 9.88 Å². The Morgan fingerprint density at radius 3 is 2.68 bits per heavy atom. The van der Waals surface area contributed by atoms with Gasteiger partial charge in [0.15, 0.2) is 0 Å². The van der Waals surface area contributed by atoms with Gasteiger partial charge in [-0.25, -0.2) is 4.98 Å². The van der Waals surface area contributed by atoms with Crippen molar-refractivity contribution in [2.45, 2.75) is 46.6 Å². The maximum atomic E-state index is 4.87. The number of nitrogens with one attached hydrogen (secondary N) is 1. The summed E-state index contributed by atoms with van der Waals surface area (Å²) in [6.07, 6.45) is 2.90. The van der Waals surface area contributed by atoms with Gasteiger partial charge in [-0.3, -0.25) is 0 Å². The SMILES string of the molecule is C=CCn1c(CCNCC(C)C)nc2cc(C(C)C)ccc21. The summed E-state index contributed by atoms with van der Waals surface area (Å²) in [7, 11) is 0. The summed E-state index contributed by atoms with van der Waals surface area (Å²) in [5.41, 5.74) is 3.66. The highest BCUT2D eigenvalue weighted by Crippen LogP contribution is 2.22. The summed E-state index contributed by atoms with van der Waals surface area (Å²) in [5, 5.41) is 3.50. The molecule has 1 N–H and O–H groups in total. The number of rotatable bonds is 8. The van der Waals surface area contributed by atoms with Crippen LogP contribution in [0.2, 0.25) is 0 Å². The smallest absolute Gasteiger partial charge is 0.111 e. The minimum atomic E-state index is 0.533. The monoisotopic (exact) mass is 299 g/mol. The molecule has 0 spiro atoms. The lowest BCUT2D eigenvalue weighted by atomic mass is 10.0. The molecule has 1 aromatic carbocycles. The van der Waals surface area contributed by atoms with Gasteiger partial charge in [-0.1, -0.05) is 39.8 Å². The third-order valence-electron chi connectivity index (χ3n) is 3.91. The highest BCUT2D eigenvalue weighted by molar-refractivity contribution is 5.77. The largest absolute Gasteiger partial charge is 0.324 e. The highest BCUT2D eigenvalue weighted by Gasteiger charge is 2.11. The van der Waals surface area contributed by atoms with Gasteiger partial charge in [0.05, 0.1) is 11.0 Å². The summed E-state index contributed by atoms with van der Waals surface area (Å²) in [6, 6.07) is 6.64. The van der Waals surface area contributed by atoms with E-state index in [-0.39, 0.29) is 0 Å². The molecule has 0 saturated carbocycles. The zero-order chi connectivity index (χ0) is 16.1. The van der Waals surface area contributed by atoms with E-state index in [1.165, 1.54) is 11.1 Å². The van der Waals surface area contributed by atoms with Crippen LogP contribution >= 0.6 is 0 Å². The van der Waals surface area contributed by atoms with Crippen LogP contribution < -0.4 is 5.32 Å². The molecule has 0 aliphatic carbocycles. The fourth-order valence-corrected chi connectivity index (χ4v) is 2.67. The predicted octanol–water partition coefficient (Wildman–Crippen LogP) is 4.13. The lowest BCUT2D eigenvalue weighted by Crippen LogP contribution is -2.23. The predicted molar refractivity (Wildman–Crippen MR) is 95.4 cm³/mol. The van der Waals surface area contributed by atoms with Gasteiger partial charge in [0, 0.05) is 19.5 Å². The minimum Gasteiger partial charge on any atom is -0.324 e. The molecule has 1 heterocycles. The maximum absolute atomic E-state index is 4.87. The molecule has 1 aromatic heterocycles. The van der Waals surface area contributed by atoms with Gasteiger partial charge in [0.1, 0.15) is 5.82 Å². The van der Waals surface area contributed by atoms with Crippen LogP contribution in [0.4, 0.5) is 0 Å². The molecular formula is C19H29N3. The summed E-state index contributed by atoms with van der Waals surface area (Å²) in [5.74, 6) is 2.36. The Bertz CT molecular complexity index is 623. The maximum Gasteiger partial charge on any atom is 0.111 e. The Labute approximate surface area is 134 Å². The molecule has 0 fully saturated rings. The lowest BCUT2D eigenvalue weighted by Gasteiger charge is -2.09. The number of hydrogen-bond donors (Lipinski definition) is 1. The number of fused-ring (bicyclic) bond motifs is 1. The summed E-state index contributed by atoms with van der Waals surface area (Å²) >= 11 is 0. The Balaban J connectivity index is 2.23. The fourth-order valence-electron chi connectivity index (χ4n) is 2.67. The number of aromatic nitrogens is 2. The quantitative estimate of drug-likeness (QED) is 0.586. The first-order valence-corrected chi connectivity index (χ1v) is 8.33. The second-order valence-corrected chi connectivity index (χ2v) is 6.68. The van der Waals surface area contributed by atoms with Gasteiger partial charge in [-0.2, -0.15) is 0 Å². The molecule has 0 amide bonds. The molecule has 120 valence electrons. The van der Waals surface area contributed by atoms with Gasteiger partial charge >= 0.3 is 0 Å². The van der Waals surface area contributed by atoms with Gasteiger partial charge in [0.25, 0.3) is 0 Å². The van der Waals surface area contributed by atoms with Crippen LogP contribution in [0, 0.1) is 5.92 Å². The zero-order valence-electron chi connectivity index (χ0n) is 14.4. The third kappa shape index (κ3) is 3.98. The van der Waals surface area contributed by atoms with Crippen molar-refractivity contribution in [3.8, 4) is 0 Å². The van der Waals surface area contributed by atoms with Crippen LogP contribution in [0.25, 0.3) is 11.0 Å². The van der Waals surface area contributed by atoms with Gasteiger partial charge in [-0.05, 0) is 36.1 Å². The first kappa shape index (κ1) is 16.8. The standard InChI is InChI=1S/C19H29N3/c1-6-11-22-18-8-7-16(15(4)5)12-17(18)21-19(22)9-10-20-13-14(2)3/h6-8,12,14-15,20H,1,9-11,13H2,2-5H3. The molecule has 0 aliphatic rings. The molecule has 0 unspecified atom stereocenters. The van der Waals surface area contributed by atoms with Crippen molar-refractivity contribution in [1.82, 2.24) is 14.9 Å². The Kier molecular flexibility index (Phi) is 5.78. The van der Waals surface area contributed by atoms with Crippen LogP contribution in [0.3, 0.4) is 0 Å². The number of allylic oxidation sites excluding steroid dienone is 1. The molecule has 0 aliphatic heterocycles. The number of hydrogen-bond acceptors (Lipinski definition) is 2. The first-order valence-electron chi connectivity index (χ1n) is 8.33. The van der Waals surface area contributed by atoms with E-state index in [9.17, 15) is 0 Å². The van der Waals surface area contributed by atoms with E-state index >= 15 is 0 Å². The van der Waals surface area contributed by atoms with Crippen LogP contribution in [0.15, 0.2) is 30.9 Å². The van der Waals surface area contributed by atoms with Crippen LogP contribution in [-0.4, -0.2) is 22.6 Å².